The molecule has 1 saturated heterocycles. The number of carbonyl (C=O) groups is 1. The van der Waals surface area contributed by atoms with Crippen molar-refractivity contribution in [2.75, 3.05) is 19.6 Å². The number of carbonyl (C=O) groups excluding carboxylic acids is 1. The second-order valence-electron chi connectivity index (χ2n) is 13.2. The number of hydrogen-bond acceptors (Lipinski definition) is 9. The standard InChI is InChI=1S/C26H40BFN2O7S2Si/c1-23(2)24(3,4)37-27(36-23)17-10-11-19(28)18(14-17)25(5)20-15-26(20,39(6,32)33)38-22(30-25)35-21(31)29-16-34-12-13-40(7,8)9/h10-11,14,20H,12-13,15-16H2,1-9H3,(H,29,31)/t20-,25+,26+/m0/s1. The van der Waals surface area contributed by atoms with Gasteiger partial charge < -0.3 is 18.8 Å². The first-order chi connectivity index (χ1) is 18.2. The molecule has 1 aliphatic carbocycles. The summed E-state index contributed by atoms with van der Waals surface area (Å²) in [5.74, 6) is -1.07. The molecule has 40 heavy (non-hydrogen) atoms. The summed E-state index contributed by atoms with van der Waals surface area (Å²) in [7, 11) is -5.64. The Balaban J connectivity index is 1.59. The van der Waals surface area contributed by atoms with Crippen molar-refractivity contribution in [3.8, 4) is 0 Å². The van der Waals surface area contributed by atoms with Crippen LogP contribution in [0.3, 0.4) is 0 Å². The van der Waals surface area contributed by atoms with Crippen molar-refractivity contribution in [3.05, 3.63) is 29.6 Å². The summed E-state index contributed by atoms with van der Waals surface area (Å²) >= 11 is 0.894. The number of halogens is 1. The molecule has 0 aromatic heterocycles. The van der Waals surface area contributed by atoms with E-state index in [0.717, 1.165) is 24.1 Å². The van der Waals surface area contributed by atoms with Crippen molar-refractivity contribution in [3.63, 3.8) is 0 Å². The Labute approximate surface area is 242 Å². The molecule has 0 spiro atoms. The third-order valence-electron chi connectivity index (χ3n) is 8.31. The number of sulfone groups is 1. The van der Waals surface area contributed by atoms with Gasteiger partial charge in [-0.1, -0.05) is 31.8 Å². The van der Waals surface area contributed by atoms with Crippen LogP contribution in [0, 0.1) is 11.7 Å². The number of benzene rings is 1. The van der Waals surface area contributed by atoms with Gasteiger partial charge in [-0.05, 0) is 70.4 Å². The minimum atomic E-state index is -3.63. The number of rotatable bonds is 8. The summed E-state index contributed by atoms with van der Waals surface area (Å²) in [5.41, 5.74) is -1.73. The predicted octanol–water partition coefficient (Wildman–Crippen LogP) is 4.24. The van der Waals surface area contributed by atoms with E-state index in [1.165, 1.54) is 6.07 Å². The molecule has 1 aromatic carbocycles. The van der Waals surface area contributed by atoms with E-state index in [4.69, 9.17) is 18.8 Å². The van der Waals surface area contributed by atoms with E-state index in [-0.39, 0.29) is 23.9 Å². The van der Waals surface area contributed by atoms with E-state index >= 15 is 4.39 Å². The lowest BCUT2D eigenvalue weighted by atomic mass is 9.75. The number of nitrogens with one attached hydrogen (secondary N) is 1. The van der Waals surface area contributed by atoms with E-state index in [9.17, 15) is 13.2 Å². The number of alkyl carbamates (subject to hydrolysis) is 1. The highest BCUT2D eigenvalue weighted by Gasteiger charge is 2.73. The second kappa shape index (κ2) is 10.4. The first-order valence-electron chi connectivity index (χ1n) is 13.4. The van der Waals surface area contributed by atoms with Crippen LogP contribution in [-0.4, -0.2) is 69.8 Å². The van der Waals surface area contributed by atoms with Crippen molar-refractivity contribution in [2.45, 2.75) is 87.5 Å². The molecule has 222 valence electrons. The first kappa shape index (κ1) is 31.5. The number of fused-ring (bicyclic) bond motifs is 1. The monoisotopic (exact) mass is 614 g/mol. The Kier molecular flexibility index (Phi) is 8.16. The second-order valence-corrected chi connectivity index (χ2v) is 22.7. The molecule has 2 heterocycles. The molecule has 2 aliphatic heterocycles. The number of amides is 1. The fraction of sp³-hybridized carbons (Fsp3) is 0.692. The Morgan fingerprint density at radius 2 is 1.82 bits per heavy atom. The van der Waals surface area contributed by atoms with Crippen LogP contribution in [0.5, 0.6) is 0 Å². The average Bonchev–Trinajstić information content (AvgIpc) is 3.50. The van der Waals surface area contributed by atoms with Crippen LogP contribution in [0.25, 0.3) is 0 Å². The van der Waals surface area contributed by atoms with Crippen molar-refractivity contribution in [1.82, 2.24) is 5.32 Å². The number of thioether (sulfide) groups is 1. The molecule has 0 bridgehead atoms. The van der Waals surface area contributed by atoms with Gasteiger partial charge in [-0.25, -0.2) is 22.6 Å². The largest absolute Gasteiger partial charge is 0.494 e. The van der Waals surface area contributed by atoms with Crippen molar-refractivity contribution >= 4 is 53.6 Å². The molecule has 4 rings (SSSR count). The van der Waals surface area contributed by atoms with Gasteiger partial charge in [-0.15, -0.1) is 0 Å². The normalized spacial score (nSPS) is 29.0. The van der Waals surface area contributed by atoms with Gasteiger partial charge in [0.05, 0.1) is 16.7 Å². The van der Waals surface area contributed by atoms with Gasteiger partial charge in [0.1, 0.15) is 16.6 Å². The van der Waals surface area contributed by atoms with Gasteiger partial charge in [-0.3, -0.25) is 5.32 Å². The lowest BCUT2D eigenvalue weighted by Crippen LogP contribution is -2.41. The van der Waals surface area contributed by atoms with E-state index in [1.54, 1.807) is 19.1 Å². The molecular weight excluding hydrogens is 574 g/mol. The SMILES string of the molecule is CC1(C)OB(c2ccc(F)c([C@@]3(C)N=C(OC(=O)NCOCC[Si](C)(C)C)S[C@@]4(S(C)(=O)=O)C[C@H]43)c2)OC1(C)C. The summed E-state index contributed by atoms with van der Waals surface area (Å²) in [6.45, 7) is 16.5. The van der Waals surface area contributed by atoms with E-state index in [0.29, 0.717) is 12.1 Å². The number of nitrogens with zero attached hydrogens (tertiary/aromatic N) is 1. The Bertz CT molecular complexity index is 1300. The molecule has 1 saturated carbocycles. The number of hydrogen-bond donors (Lipinski definition) is 1. The molecule has 3 aliphatic rings. The van der Waals surface area contributed by atoms with Crippen LogP contribution in [0.1, 0.15) is 46.6 Å². The summed E-state index contributed by atoms with van der Waals surface area (Å²) in [6, 6.07) is 5.47. The lowest BCUT2D eigenvalue weighted by Gasteiger charge is -2.34. The molecule has 0 unspecified atom stereocenters. The molecule has 14 heteroatoms. The van der Waals surface area contributed by atoms with E-state index in [2.05, 4.69) is 30.0 Å². The quantitative estimate of drug-likeness (QED) is 0.263. The highest BCUT2D eigenvalue weighted by atomic mass is 32.3. The van der Waals surface area contributed by atoms with Crippen LogP contribution in [-0.2, 0) is 34.2 Å². The van der Waals surface area contributed by atoms with E-state index < -0.39 is 63.7 Å². The Hall–Kier alpha value is -1.45. The molecule has 9 nitrogen and oxygen atoms in total. The van der Waals surface area contributed by atoms with Crippen LogP contribution in [0.4, 0.5) is 9.18 Å². The molecule has 2 fully saturated rings. The smallest absolute Gasteiger partial charge is 0.399 e. The van der Waals surface area contributed by atoms with Crippen LogP contribution < -0.4 is 10.8 Å². The average molecular weight is 615 g/mol. The highest BCUT2D eigenvalue weighted by Crippen LogP contribution is 2.68. The maximum atomic E-state index is 15.5. The van der Waals surface area contributed by atoms with Gasteiger partial charge in [0.2, 0.25) is 0 Å². The van der Waals surface area contributed by atoms with Crippen LogP contribution in [0.2, 0.25) is 25.7 Å². The fourth-order valence-electron chi connectivity index (χ4n) is 4.91. The topological polar surface area (TPSA) is 113 Å². The van der Waals surface area contributed by atoms with Gasteiger partial charge in [0.25, 0.3) is 5.23 Å². The third kappa shape index (κ3) is 6.03. The summed E-state index contributed by atoms with van der Waals surface area (Å²) in [5, 5.41) is 2.38. The van der Waals surface area contributed by atoms with Crippen molar-refractivity contribution in [2.24, 2.45) is 10.9 Å². The Morgan fingerprint density at radius 1 is 1.20 bits per heavy atom. The van der Waals surface area contributed by atoms with Gasteiger partial charge in [0.15, 0.2) is 9.84 Å². The van der Waals surface area contributed by atoms with Gasteiger partial charge >= 0.3 is 13.2 Å². The molecule has 1 N–H and O–H groups in total. The maximum absolute atomic E-state index is 15.5. The molecule has 0 radical (unpaired) electrons. The zero-order valence-electron chi connectivity index (χ0n) is 24.7. The first-order valence-corrected chi connectivity index (χ1v) is 19.8. The predicted molar refractivity (Wildman–Crippen MR) is 159 cm³/mol. The molecule has 1 aromatic rings. The fourth-order valence-corrected chi connectivity index (χ4v) is 8.97. The van der Waals surface area contributed by atoms with Crippen molar-refractivity contribution < 1.29 is 36.4 Å². The molecule has 3 atom stereocenters. The summed E-state index contributed by atoms with van der Waals surface area (Å²) in [4.78, 5) is 17.2. The molecule has 1 amide bonds. The zero-order valence-corrected chi connectivity index (χ0v) is 27.3. The van der Waals surface area contributed by atoms with Gasteiger partial charge in [-0.2, -0.15) is 0 Å². The third-order valence-corrected chi connectivity index (χ3v) is 14.0. The lowest BCUT2D eigenvalue weighted by molar-refractivity contribution is 0.00578. The number of ether oxygens (including phenoxy) is 2. The zero-order chi connectivity index (χ0) is 29.9. The maximum Gasteiger partial charge on any atom is 0.494 e. The van der Waals surface area contributed by atoms with E-state index in [1.807, 2.05) is 27.7 Å². The minimum Gasteiger partial charge on any atom is -0.399 e. The molecular formula is C26H40BFN2O7S2Si. The van der Waals surface area contributed by atoms with Crippen molar-refractivity contribution in [1.29, 1.82) is 0 Å². The highest BCUT2D eigenvalue weighted by molar-refractivity contribution is 8.24. The minimum absolute atomic E-state index is 0.0524. The Morgan fingerprint density at radius 3 is 2.40 bits per heavy atom. The summed E-state index contributed by atoms with van der Waals surface area (Å²) in [6.07, 6.45) is 0.563. The summed E-state index contributed by atoms with van der Waals surface area (Å²) < 4.78 is 63.4. The van der Waals surface area contributed by atoms with Gasteiger partial charge in [0, 0.05) is 32.4 Å². The van der Waals surface area contributed by atoms with Crippen LogP contribution >= 0.6 is 11.8 Å². The van der Waals surface area contributed by atoms with Crippen LogP contribution in [0.15, 0.2) is 23.2 Å². The number of aliphatic imine (C=N–C) groups is 1.